The molecule has 0 bridgehead atoms. The third-order valence-electron chi connectivity index (χ3n) is 3.91. The number of aryl methyl sites for hydroxylation is 4. The van der Waals surface area contributed by atoms with Gasteiger partial charge in [0.25, 0.3) is 0 Å². The molecule has 8 nitrogen and oxygen atoms in total. The molecule has 0 aliphatic carbocycles. The molecule has 3 rings (SSSR count). The van der Waals surface area contributed by atoms with Gasteiger partial charge in [0, 0.05) is 37.8 Å². The second-order valence-corrected chi connectivity index (χ2v) is 5.93. The van der Waals surface area contributed by atoms with E-state index in [0.717, 1.165) is 74.2 Å². The Morgan fingerprint density at radius 1 is 0.655 bits per heavy atom. The maximum Gasteiger partial charge on any atom is 0.150 e. The monoisotopic (exact) mass is 406 g/mol. The van der Waals surface area contributed by atoms with Crippen molar-refractivity contribution >= 4 is 11.5 Å². The molecule has 166 valence electrons. The number of amidine groups is 1. The number of hydrogen-bond acceptors (Lipinski definition) is 6. The molecule has 0 spiro atoms. The van der Waals surface area contributed by atoms with Gasteiger partial charge in [-0.1, -0.05) is 56.4 Å². The fourth-order valence-corrected chi connectivity index (χ4v) is 2.12. The Kier molecular flexibility index (Phi) is 16.5. The topological polar surface area (TPSA) is 108 Å². The highest BCUT2D eigenvalue weighted by molar-refractivity contribution is 6.03. The maximum absolute atomic E-state index is 4.29. The minimum absolute atomic E-state index is 0. The van der Waals surface area contributed by atoms with Gasteiger partial charge in [0.05, 0.1) is 6.54 Å². The van der Waals surface area contributed by atoms with Crippen LogP contribution >= 0.6 is 0 Å². The normalized spacial score (nSPS) is 11.7. The van der Waals surface area contributed by atoms with Crippen LogP contribution in [0.4, 0.5) is 0 Å². The van der Waals surface area contributed by atoms with E-state index in [-0.39, 0.29) is 14.9 Å². The third-order valence-corrected chi connectivity index (χ3v) is 3.91. The quantitative estimate of drug-likeness (QED) is 0.719. The summed E-state index contributed by atoms with van der Waals surface area (Å²) in [6.07, 6.45) is 5.73. The minimum Gasteiger partial charge on any atom is -0.264 e. The van der Waals surface area contributed by atoms with Gasteiger partial charge < -0.3 is 0 Å². The first-order chi connectivity index (χ1) is 13.1. The number of aromatic amines is 2. The summed E-state index contributed by atoms with van der Waals surface area (Å²) < 4.78 is 0. The summed E-state index contributed by atoms with van der Waals surface area (Å²) in [5.41, 5.74) is 1.23. The summed E-state index contributed by atoms with van der Waals surface area (Å²) in [4.78, 5) is 16.9. The molecular weight excluding hydrogens is 364 g/mol. The predicted octanol–water partition coefficient (Wildman–Crippen LogP) is 4.79. The Labute approximate surface area is 177 Å². The first kappa shape index (κ1) is 28.8. The molecule has 0 radical (unpaired) electrons. The molecule has 0 aromatic carbocycles. The van der Waals surface area contributed by atoms with Crippen LogP contribution in [-0.4, -0.2) is 48.5 Å². The zero-order valence-corrected chi connectivity index (χ0v) is 17.6. The van der Waals surface area contributed by atoms with E-state index in [1.54, 1.807) is 0 Å². The summed E-state index contributed by atoms with van der Waals surface area (Å²) in [5, 5.41) is 13.6. The van der Waals surface area contributed by atoms with Crippen LogP contribution < -0.4 is 0 Å². The molecule has 0 saturated heterocycles. The van der Waals surface area contributed by atoms with Crippen molar-refractivity contribution in [3.63, 3.8) is 0 Å². The van der Waals surface area contributed by atoms with Crippen molar-refractivity contribution in [1.82, 2.24) is 30.4 Å². The molecule has 0 unspecified atom stereocenters. The van der Waals surface area contributed by atoms with Crippen molar-refractivity contribution in [2.75, 3.05) is 6.54 Å². The van der Waals surface area contributed by atoms with Crippen molar-refractivity contribution in [1.29, 1.82) is 0 Å². The fraction of sp³-hybridized carbons (Fsp3) is 0.714. The zero-order valence-electron chi connectivity index (χ0n) is 17.6. The average Bonchev–Trinajstić information content (AvgIpc) is 3.48. The van der Waals surface area contributed by atoms with Gasteiger partial charge in [0.1, 0.15) is 29.1 Å². The van der Waals surface area contributed by atoms with Crippen LogP contribution in [0, 0.1) is 0 Å². The van der Waals surface area contributed by atoms with E-state index in [0.29, 0.717) is 0 Å². The van der Waals surface area contributed by atoms with Crippen molar-refractivity contribution < 1.29 is 0 Å². The summed E-state index contributed by atoms with van der Waals surface area (Å²) in [6.45, 7) is 13.2. The Hall–Kier alpha value is -2.38. The van der Waals surface area contributed by atoms with Crippen molar-refractivity contribution in [2.24, 2.45) is 9.98 Å². The maximum atomic E-state index is 4.29. The fourth-order valence-electron chi connectivity index (χ4n) is 2.12. The van der Waals surface area contributed by atoms with Gasteiger partial charge in [-0.15, -0.1) is 0 Å². The van der Waals surface area contributed by atoms with E-state index < -0.39 is 0 Å². The molecule has 2 aromatic heterocycles. The van der Waals surface area contributed by atoms with Crippen LogP contribution in [-0.2, 0) is 25.7 Å². The SMILES string of the molecule is C.C.CCC1=NC(CC)=NC1.CCc1n[nH]c(CC)n1.CCc1n[nH]c(CC)n1. The van der Waals surface area contributed by atoms with Gasteiger partial charge in [-0.3, -0.25) is 15.2 Å². The summed E-state index contributed by atoms with van der Waals surface area (Å²) in [7, 11) is 0. The number of nitrogens with zero attached hydrogens (tertiary/aromatic N) is 6. The van der Waals surface area contributed by atoms with E-state index in [1.165, 1.54) is 5.71 Å². The Balaban J connectivity index is 0. The summed E-state index contributed by atoms with van der Waals surface area (Å²) >= 11 is 0. The van der Waals surface area contributed by atoms with E-state index >= 15 is 0 Å². The molecule has 2 aromatic rings. The highest BCUT2D eigenvalue weighted by Crippen LogP contribution is 2.01. The van der Waals surface area contributed by atoms with Gasteiger partial charge in [0.2, 0.25) is 0 Å². The third kappa shape index (κ3) is 10.7. The second-order valence-electron chi connectivity index (χ2n) is 5.93. The summed E-state index contributed by atoms with van der Waals surface area (Å²) in [5.74, 6) is 4.80. The van der Waals surface area contributed by atoms with Crippen LogP contribution in [0.5, 0.6) is 0 Å². The van der Waals surface area contributed by atoms with Gasteiger partial charge in [-0.25, -0.2) is 15.0 Å². The van der Waals surface area contributed by atoms with Crippen LogP contribution in [0.1, 0.15) is 92.5 Å². The predicted molar refractivity (Wildman–Crippen MR) is 124 cm³/mol. The molecule has 0 amide bonds. The lowest BCUT2D eigenvalue weighted by molar-refractivity contribution is 0.936. The molecule has 0 saturated carbocycles. The van der Waals surface area contributed by atoms with Crippen LogP contribution in [0.3, 0.4) is 0 Å². The molecule has 1 aliphatic heterocycles. The number of H-pyrrole nitrogens is 2. The number of aromatic nitrogens is 6. The van der Waals surface area contributed by atoms with Gasteiger partial charge in [-0.2, -0.15) is 10.2 Å². The van der Waals surface area contributed by atoms with E-state index in [9.17, 15) is 0 Å². The Morgan fingerprint density at radius 3 is 1.34 bits per heavy atom. The number of nitrogens with one attached hydrogen (secondary N) is 2. The molecular formula is C21H42N8. The van der Waals surface area contributed by atoms with Gasteiger partial charge in [-0.05, 0) is 6.42 Å². The largest absolute Gasteiger partial charge is 0.264 e. The van der Waals surface area contributed by atoms with Crippen molar-refractivity contribution in [3.8, 4) is 0 Å². The van der Waals surface area contributed by atoms with Gasteiger partial charge in [0.15, 0.2) is 0 Å². The van der Waals surface area contributed by atoms with E-state index in [1.807, 2.05) is 13.8 Å². The van der Waals surface area contributed by atoms with E-state index in [4.69, 9.17) is 0 Å². The number of rotatable bonds is 6. The first-order valence-electron chi connectivity index (χ1n) is 9.99. The Morgan fingerprint density at radius 2 is 1.14 bits per heavy atom. The molecule has 0 atom stereocenters. The van der Waals surface area contributed by atoms with Crippen LogP contribution in [0.25, 0.3) is 0 Å². The first-order valence-corrected chi connectivity index (χ1v) is 9.99. The molecule has 2 N–H and O–H groups in total. The van der Waals surface area contributed by atoms with E-state index in [2.05, 4.69) is 68.0 Å². The summed E-state index contributed by atoms with van der Waals surface area (Å²) in [6, 6.07) is 0. The van der Waals surface area contributed by atoms with Crippen LogP contribution in [0.15, 0.2) is 9.98 Å². The molecule has 0 fully saturated rings. The van der Waals surface area contributed by atoms with Crippen molar-refractivity contribution in [3.05, 3.63) is 23.3 Å². The lowest BCUT2D eigenvalue weighted by atomic mass is 10.3. The Bertz CT molecular complexity index is 633. The van der Waals surface area contributed by atoms with Gasteiger partial charge >= 0.3 is 0 Å². The van der Waals surface area contributed by atoms with Crippen molar-refractivity contribution in [2.45, 2.75) is 94.9 Å². The average molecular weight is 407 g/mol. The lowest BCUT2D eigenvalue weighted by Gasteiger charge is -1.86. The molecule has 3 heterocycles. The standard InChI is InChI=1S/C7H12N2.2C6H11N3.2CH4/c1-3-6-5-8-7(4-2)9-6;2*1-3-5-7-6(4-2)9-8-5;;/h3-5H2,1-2H3;2*3-4H2,1-2H3,(H,7,8,9);2*1H4. The highest BCUT2D eigenvalue weighted by atomic mass is 15.2. The highest BCUT2D eigenvalue weighted by Gasteiger charge is 2.04. The lowest BCUT2D eigenvalue weighted by Crippen LogP contribution is -1.94. The second kappa shape index (κ2) is 16.6. The number of hydrogen-bond donors (Lipinski definition) is 2. The molecule has 1 aliphatic rings. The molecule has 8 heteroatoms. The minimum atomic E-state index is 0. The van der Waals surface area contributed by atoms with Crippen LogP contribution in [0.2, 0.25) is 0 Å². The number of aliphatic imine (C=N–C) groups is 2. The molecule has 29 heavy (non-hydrogen) atoms. The zero-order chi connectivity index (χ0) is 20.1. The smallest absolute Gasteiger partial charge is 0.150 e.